The number of nitrogens with one attached hydrogen (secondary N) is 2. The Labute approximate surface area is 153 Å². The largest absolute Gasteiger partial charge is 0.357 e. The number of guanidine groups is 1. The number of aryl methyl sites for hydroxylation is 1. The highest BCUT2D eigenvalue weighted by molar-refractivity contribution is 5.80. The van der Waals surface area contributed by atoms with Gasteiger partial charge in [-0.3, -0.25) is 9.89 Å². The van der Waals surface area contributed by atoms with Crippen LogP contribution >= 0.6 is 0 Å². The SMILES string of the molecule is CCNC(=NCC1CN(C)CCN1C)NC(C)CCc1ccccc1. The molecule has 1 fully saturated rings. The van der Waals surface area contributed by atoms with E-state index >= 15 is 0 Å². The molecule has 0 bridgehead atoms. The van der Waals surface area contributed by atoms with Crippen LogP contribution in [0.5, 0.6) is 0 Å². The van der Waals surface area contributed by atoms with E-state index in [4.69, 9.17) is 4.99 Å². The number of likely N-dealkylation sites (N-methyl/N-ethyl adjacent to an activating group) is 2. The van der Waals surface area contributed by atoms with Crippen LogP contribution in [0.2, 0.25) is 0 Å². The van der Waals surface area contributed by atoms with Crippen LogP contribution in [0.4, 0.5) is 0 Å². The first-order valence-corrected chi connectivity index (χ1v) is 9.56. The molecule has 2 rings (SSSR count). The van der Waals surface area contributed by atoms with Crippen LogP contribution in [0.25, 0.3) is 0 Å². The lowest BCUT2D eigenvalue weighted by molar-refractivity contribution is 0.119. The van der Waals surface area contributed by atoms with Crippen molar-refractivity contribution in [2.24, 2.45) is 4.99 Å². The third-order valence-electron chi connectivity index (χ3n) is 4.88. The van der Waals surface area contributed by atoms with Crippen LogP contribution in [0.15, 0.2) is 35.3 Å². The molecule has 0 saturated carbocycles. The zero-order chi connectivity index (χ0) is 18.1. The number of piperazine rings is 1. The first-order chi connectivity index (χ1) is 12.1. The van der Waals surface area contributed by atoms with Crippen molar-refractivity contribution in [3.05, 3.63) is 35.9 Å². The number of nitrogens with zero attached hydrogens (tertiary/aromatic N) is 3. The van der Waals surface area contributed by atoms with Gasteiger partial charge in [-0.25, -0.2) is 0 Å². The molecular weight excluding hydrogens is 310 g/mol. The first kappa shape index (κ1) is 19.7. The second-order valence-corrected chi connectivity index (χ2v) is 7.19. The van der Waals surface area contributed by atoms with Crippen molar-refractivity contribution in [3.63, 3.8) is 0 Å². The van der Waals surface area contributed by atoms with Gasteiger partial charge in [0.2, 0.25) is 0 Å². The molecule has 1 aromatic carbocycles. The summed E-state index contributed by atoms with van der Waals surface area (Å²) < 4.78 is 0. The lowest BCUT2D eigenvalue weighted by Gasteiger charge is -2.37. The summed E-state index contributed by atoms with van der Waals surface area (Å²) >= 11 is 0. The fourth-order valence-electron chi connectivity index (χ4n) is 3.15. The number of rotatable bonds is 7. The van der Waals surface area contributed by atoms with E-state index in [0.29, 0.717) is 12.1 Å². The van der Waals surface area contributed by atoms with E-state index in [0.717, 1.165) is 51.5 Å². The van der Waals surface area contributed by atoms with Crippen molar-refractivity contribution < 1.29 is 0 Å². The van der Waals surface area contributed by atoms with Gasteiger partial charge in [-0.05, 0) is 46.3 Å². The molecule has 25 heavy (non-hydrogen) atoms. The van der Waals surface area contributed by atoms with Crippen LogP contribution in [-0.4, -0.2) is 74.7 Å². The molecule has 2 atom stereocenters. The van der Waals surface area contributed by atoms with Crippen LogP contribution in [0, 0.1) is 0 Å². The molecule has 5 nitrogen and oxygen atoms in total. The molecule has 0 spiro atoms. The Kier molecular flexibility index (Phi) is 8.22. The number of benzene rings is 1. The Morgan fingerprint density at radius 2 is 2.00 bits per heavy atom. The smallest absolute Gasteiger partial charge is 0.191 e. The van der Waals surface area contributed by atoms with Crippen LogP contribution in [0.3, 0.4) is 0 Å². The molecule has 1 aromatic rings. The predicted molar refractivity (Wildman–Crippen MR) is 107 cm³/mol. The summed E-state index contributed by atoms with van der Waals surface area (Å²) in [7, 11) is 4.40. The number of hydrogen-bond donors (Lipinski definition) is 2. The Morgan fingerprint density at radius 1 is 1.24 bits per heavy atom. The lowest BCUT2D eigenvalue weighted by atomic mass is 10.1. The molecule has 5 heteroatoms. The van der Waals surface area contributed by atoms with Gasteiger partial charge in [0.15, 0.2) is 5.96 Å². The van der Waals surface area contributed by atoms with E-state index in [1.54, 1.807) is 0 Å². The average Bonchev–Trinajstić information content (AvgIpc) is 2.61. The molecule has 1 aliphatic heterocycles. The maximum atomic E-state index is 4.84. The van der Waals surface area contributed by atoms with E-state index in [9.17, 15) is 0 Å². The third-order valence-corrected chi connectivity index (χ3v) is 4.88. The second kappa shape index (κ2) is 10.4. The van der Waals surface area contributed by atoms with E-state index in [1.165, 1.54) is 5.56 Å². The molecule has 2 N–H and O–H groups in total. The molecule has 2 unspecified atom stereocenters. The average molecular weight is 346 g/mol. The van der Waals surface area contributed by atoms with Crippen LogP contribution in [0.1, 0.15) is 25.8 Å². The van der Waals surface area contributed by atoms with Gasteiger partial charge in [0.05, 0.1) is 6.54 Å². The standard InChI is InChI=1S/C20H35N5/c1-5-21-20(22-15-19-16-24(3)13-14-25(19)4)23-17(2)11-12-18-9-7-6-8-10-18/h6-10,17,19H,5,11-16H2,1-4H3,(H2,21,22,23). The maximum Gasteiger partial charge on any atom is 0.191 e. The van der Waals surface area contributed by atoms with Gasteiger partial charge in [-0.2, -0.15) is 0 Å². The normalized spacial score (nSPS) is 21.1. The van der Waals surface area contributed by atoms with Crippen molar-refractivity contribution in [1.29, 1.82) is 0 Å². The van der Waals surface area contributed by atoms with Gasteiger partial charge in [-0.1, -0.05) is 30.3 Å². The maximum absolute atomic E-state index is 4.84. The van der Waals surface area contributed by atoms with E-state index in [2.05, 4.69) is 78.7 Å². The van der Waals surface area contributed by atoms with Gasteiger partial charge >= 0.3 is 0 Å². The third kappa shape index (κ3) is 7.04. The number of hydrogen-bond acceptors (Lipinski definition) is 3. The highest BCUT2D eigenvalue weighted by Crippen LogP contribution is 2.07. The molecular formula is C20H35N5. The second-order valence-electron chi connectivity index (χ2n) is 7.19. The summed E-state index contributed by atoms with van der Waals surface area (Å²) in [6.07, 6.45) is 2.19. The van der Waals surface area contributed by atoms with Crippen molar-refractivity contribution >= 4 is 5.96 Å². The molecule has 0 radical (unpaired) electrons. The zero-order valence-electron chi connectivity index (χ0n) is 16.3. The molecule has 0 amide bonds. The Hall–Kier alpha value is -1.59. The predicted octanol–water partition coefficient (Wildman–Crippen LogP) is 1.81. The van der Waals surface area contributed by atoms with Gasteiger partial charge in [0, 0.05) is 38.3 Å². The number of aliphatic imine (C=N–C) groups is 1. The molecule has 0 aromatic heterocycles. The van der Waals surface area contributed by atoms with Gasteiger partial charge < -0.3 is 15.5 Å². The highest BCUT2D eigenvalue weighted by Gasteiger charge is 2.21. The molecule has 1 saturated heterocycles. The Bertz CT molecular complexity index is 516. The summed E-state index contributed by atoms with van der Waals surface area (Å²) in [5.74, 6) is 0.935. The molecule has 140 valence electrons. The van der Waals surface area contributed by atoms with Crippen LogP contribution < -0.4 is 10.6 Å². The first-order valence-electron chi connectivity index (χ1n) is 9.56. The molecule has 1 aliphatic rings. The van der Waals surface area contributed by atoms with Crippen molar-refractivity contribution in [2.75, 3.05) is 46.8 Å². The summed E-state index contributed by atoms with van der Waals surface area (Å²) in [4.78, 5) is 9.66. The summed E-state index contributed by atoms with van der Waals surface area (Å²) in [5, 5.41) is 6.94. The monoisotopic (exact) mass is 345 g/mol. The minimum Gasteiger partial charge on any atom is -0.357 e. The summed E-state index contributed by atoms with van der Waals surface area (Å²) in [5.41, 5.74) is 1.39. The van der Waals surface area contributed by atoms with E-state index in [-0.39, 0.29) is 0 Å². The minimum atomic E-state index is 0.393. The van der Waals surface area contributed by atoms with Crippen molar-refractivity contribution in [2.45, 2.75) is 38.8 Å². The Morgan fingerprint density at radius 3 is 2.72 bits per heavy atom. The minimum absolute atomic E-state index is 0.393. The van der Waals surface area contributed by atoms with Crippen LogP contribution in [-0.2, 0) is 6.42 Å². The van der Waals surface area contributed by atoms with Gasteiger partial charge in [0.25, 0.3) is 0 Å². The molecule has 0 aliphatic carbocycles. The summed E-state index contributed by atoms with van der Waals surface area (Å²) in [6, 6.07) is 11.6. The fourth-order valence-corrected chi connectivity index (χ4v) is 3.15. The molecule has 1 heterocycles. The lowest BCUT2D eigenvalue weighted by Crippen LogP contribution is -2.52. The topological polar surface area (TPSA) is 42.9 Å². The quantitative estimate of drug-likeness (QED) is 0.584. The highest BCUT2D eigenvalue weighted by atomic mass is 15.3. The van der Waals surface area contributed by atoms with Crippen molar-refractivity contribution in [1.82, 2.24) is 20.4 Å². The Balaban J connectivity index is 1.83. The van der Waals surface area contributed by atoms with E-state index < -0.39 is 0 Å². The van der Waals surface area contributed by atoms with Gasteiger partial charge in [0.1, 0.15) is 0 Å². The fraction of sp³-hybridized carbons (Fsp3) is 0.650. The van der Waals surface area contributed by atoms with Gasteiger partial charge in [-0.15, -0.1) is 0 Å². The van der Waals surface area contributed by atoms with Crippen molar-refractivity contribution in [3.8, 4) is 0 Å². The summed E-state index contributed by atoms with van der Waals surface area (Å²) in [6.45, 7) is 9.42. The zero-order valence-corrected chi connectivity index (χ0v) is 16.3. The van der Waals surface area contributed by atoms with E-state index in [1.807, 2.05) is 0 Å².